The van der Waals surface area contributed by atoms with Crippen molar-refractivity contribution in [2.75, 3.05) is 5.73 Å². The summed E-state index contributed by atoms with van der Waals surface area (Å²) in [4.78, 5) is 17.5. The van der Waals surface area contributed by atoms with Crippen molar-refractivity contribution >= 4 is 34.1 Å². The van der Waals surface area contributed by atoms with Crippen LogP contribution in [0.1, 0.15) is 21.5 Å². The maximum absolute atomic E-state index is 13.0. The van der Waals surface area contributed by atoms with Crippen LogP contribution >= 0.6 is 11.6 Å². The summed E-state index contributed by atoms with van der Waals surface area (Å²) in [5.41, 5.74) is 10.1. The first-order valence-corrected chi connectivity index (χ1v) is 8.59. The summed E-state index contributed by atoms with van der Waals surface area (Å²) < 4.78 is 2.02. The highest BCUT2D eigenvalue weighted by atomic mass is 35.5. The van der Waals surface area contributed by atoms with Crippen molar-refractivity contribution in [3.8, 4) is 0 Å². The van der Waals surface area contributed by atoms with Crippen molar-refractivity contribution in [1.29, 1.82) is 0 Å². The lowest BCUT2D eigenvalue weighted by atomic mass is 10.0. The zero-order valence-corrected chi connectivity index (χ0v) is 14.6. The number of rotatable bonds is 4. The van der Waals surface area contributed by atoms with Crippen molar-refractivity contribution in [1.82, 2.24) is 9.55 Å². The van der Waals surface area contributed by atoms with Crippen LogP contribution in [0.4, 0.5) is 5.69 Å². The van der Waals surface area contributed by atoms with E-state index in [1.165, 1.54) is 0 Å². The van der Waals surface area contributed by atoms with Crippen LogP contribution in [-0.4, -0.2) is 15.3 Å². The number of nitrogens with zero attached hydrogens (tertiary/aromatic N) is 2. The second-order valence-corrected chi connectivity index (χ2v) is 6.53. The molecule has 0 amide bonds. The van der Waals surface area contributed by atoms with Gasteiger partial charge in [0.05, 0.1) is 17.4 Å². The minimum atomic E-state index is -0.158. The van der Waals surface area contributed by atoms with Gasteiger partial charge in [-0.15, -0.1) is 0 Å². The van der Waals surface area contributed by atoms with Crippen LogP contribution in [0, 0.1) is 0 Å². The molecule has 3 aromatic carbocycles. The van der Waals surface area contributed by atoms with Crippen LogP contribution in [-0.2, 0) is 6.54 Å². The number of hydrogen-bond acceptors (Lipinski definition) is 3. The van der Waals surface area contributed by atoms with E-state index in [9.17, 15) is 4.79 Å². The second kappa shape index (κ2) is 6.65. The lowest BCUT2D eigenvalue weighted by Gasteiger charge is -2.08. The maximum Gasteiger partial charge on any atom is 0.197 e. The maximum atomic E-state index is 13.0. The Hall–Kier alpha value is -3.11. The van der Waals surface area contributed by atoms with Crippen LogP contribution < -0.4 is 5.73 Å². The number of nitrogens with two attached hydrogens (primary N) is 1. The molecular weight excluding hydrogens is 346 g/mol. The number of aromatic nitrogens is 2. The minimum absolute atomic E-state index is 0.158. The second-order valence-electron chi connectivity index (χ2n) is 6.09. The van der Waals surface area contributed by atoms with Gasteiger partial charge in [-0.25, -0.2) is 4.98 Å². The van der Waals surface area contributed by atoms with Gasteiger partial charge in [-0.2, -0.15) is 0 Å². The first-order valence-electron chi connectivity index (χ1n) is 8.21. The number of halogens is 1. The van der Waals surface area contributed by atoms with E-state index in [4.69, 9.17) is 17.3 Å². The van der Waals surface area contributed by atoms with Gasteiger partial charge in [0.1, 0.15) is 5.52 Å². The summed E-state index contributed by atoms with van der Waals surface area (Å²) in [5, 5.41) is 0.583. The zero-order chi connectivity index (χ0) is 18.1. The molecule has 0 radical (unpaired) electrons. The van der Waals surface area contributed by atoms with Gasteiger partial charge in [-0.1, -0.05) is 41.9 Å². The summed E-state index contributed by atoms with van der Waals surface area (Å²) in [6.07, 6.45) is 1.75. The van der Waals surface area contributed by atoms with E-state index >= 15 is 0 Å². The van der Waals surface area contributed by atoms with Crippen molar-refractivity contribution in [3.63, 3.8) is 0 Å². The van der Waals surface area contributed by atoms with Gasteiger partial charge in [-0.3, -0.25) is 4.79 Å². The fourth-order valence-electron chi connectivity index (χ4n) is 3.04. The van der Waals surface area contributed by atoms with Gasteiger partial charge in [0.25, 0.3) is 0 Å². The molecule has 0 atom stereocenters. The highest BCUT2D eigenvalue weighted by Crippen LogP contribution is 2.27. The summed E-state index contributed by atoms with van der Waals surface area (Å²) >= 11 is 5.92. The number of anilines is 1. The molecule has 0 saturated carbocycles. The molecule has 26 heavy (non-hydrogen) atoms. The lowest BCUT2D eigenvalue weighted by Crippen LogP contribution is -2.07. The lowest BCUT2D eigenvalue weighted by molar-refractivity contribution is 0.104. The molecule has 0 saturated heterocycles. The van der Waals surface area contributed by atoms with Gasteiger partial charge in [0.2, 0.25) is 0 Å². The van der Waals surface area contributed by atoms with Crippen molar-refractivity contribution < 1.29 is 4.79 Å². The quantitative estimate of drug-likeness (QED) is 0.428. The number of carbonyl (C=O) groups is 1. The predicted octanol–water partition coefficient (Wildman–Crippen LogP) is 4.55. The standard InChI is InChI=1S/C21H16ClN3O/c22-16-8-6-15(7-9-16)21(26)19-17(23)10-11-18-20(19)24-13-25(18)12-14-4-2-1-3-5-14/h1-11,13H,12,23H2. The van der Waals surface area contributed by atoms with E-state index in [2.05, 4.69) is 17.1 Å². The Labute approximate surface area is 155 Å². The Kier molecular flexibility index (Phi) is 4.19. The molecule has 4 rings (SSSR count). The number of nitrogen functional groups attached to an aromatic ring is 1. The normalized spacial score (nSPS) is 11.0. The van der Waals surface area contributed by atoms with Gasteiger partial charge in [0, 0.05) is 22.8 Å². The molecule has 0 aliphatic rings. The van der Waals surface area contributed by atoms with Crippen LogP contribution in [0.25, 0.3) is 11.0 Å². The number of ketones is 1. The zero-order valence-electron chi connectivity index (χ0n) is 13.9. The first kappa shape index (κ1) is 16.4. The van der Waals surface area contributed by atoms with Gasteiger partial charge in [0.15, 0.2) is 5.78 Å². The SMILES string of the molecule is Nc1ccc2c(ncn2Cc2ccccc2)c1C(=O)c1ccc(Cl)cc1. The van der Waals surface area contributed by atoms with E-state index in [1.54, 1.807) is 36.7 Å². The minimum Gasteiger partial charge on any atom is -0.398 e. The molecule has 2 N–H and O–H groups in total. The topological polar surface area (TPSA) is 60.9 Å². The number of benzene rings is 3. The number of hydrogen-bond donors (Lipinski definition) is 1. The van der Waals surface area contributed by atoms with Crippen LogP contribution in [0.5, 0.6) is 0 Å². The fourth-order valence-corrected chi connectivity index (χ4v) is 3.16. The monoisotopic (exact) mass is 361 g/mol. The third kappa shape index (κ3) is 2.95. The Morgan fingerprint density at radius 1 is 1.00 bits per heavy atom. The smallest absolute Gasteiger partial charge is 0.197 e. The Bertz CT molecular complexity index is 1090. The molecule has 4 nitrogen and oxygen atoms in total. The summed E-state index contributed by atoms with van der Waals surface area (Å²) in [7, 11) is 0. The molecule has 0 spiro atoms. The molecule has 1 heterocycles. The van der Waals surface area contributed by atoms with E-state index in [-0.39, 0.29) is 5.78 Å². The number of carbonyl (C=O) groups excluding carboxylic acids is 1. The molecular formula is C21H16ClN3O. The summed E-state index contributed by atoms with van der Waals surface area (Å²) in [5.74, 6) is -0.158. The van der Waals surface area contributed by atoms with Crippen molar-refractivity contribution in [2.24, 2.45) is 0 Å². The molecule has 0 aliphatic carbocycles. The summed E-state index contributed by atoms with van der Waals surface area (Å²) in [6.45, 7) is 0.676. The Morgan fingerprint density at radius 3 is 2.46 bits per heavy atom. The van der Waals surface area contributed by atoms with Crippen LogP contribution in [0.2, 0.25) is 5.02 Å². The van der Waals surface area contributed by atoms with E-state index in [1.807, 2.05) is 28.8 Å². The first-order chi connectivity index (χ1) is 12.6. The largest absolute Gasteiger partial charge is 0.398 e. The average molecular weight is 362 g/mol. The Morgan fingerprint density at radius 2 is 1.73 bits per heavy atom. The molecule has 4 aromatic rings. The predicted molar refractivity (Wildman–Crippen MR) is 105 cm³/mol. The highest BCUT2D eigenvalue weighted by Gasteiger charge is 2.19. The number of imidazole rings is 1. The highest BCUT2D eigenvalue weighted by molar-refractivity contribution is 6.30. The van der Waals surface area contributed by atoms with E-state index in [0.717, 1.165) is 11.1 Å². The molecule has 0 unspecified atom stereocenters. The Balaban J connectivity index is 1.79. The van der Waals surface area contributed by atoms with Gasteiger partial charge >= 0.3 is 0 Å². The van der Waals surface area contributed by atoms with Crippen LogP contribution in [0.3, 0.4) is 0 Å². The van der Waals surface area contributed by atoms with E-state index < -0.39 is 0 Å². The van der Waals surface area contributed by atoms with Crippen molar-refractivity contribution in [3.05, 3.63) is 94.8 Å². The molecule has 0 fully saturated rings. The molecule has 0 aliphatic heterocycles. The molecule has 0 bridgehead atoms. The summed E-state index contributed by atoms with van der Waals surface area (Å²) in [6, 6.07) is 20.6. The third-order valence-corrected chi connectivity index (χ3v) is 4.61. The number of fused-ring (bicyclic) bond motifs is 1. The van der Waals surface area contributed by atoms with Crippen LogP contribution in [0.15, 0.2) is 73.1 Å². The van der Waals surface area contributed by atoms with E-state index in [0.29, 0.717) is 33.9 Å². The van der Waals surface area contributed by atoms with Gasteiger partial charge in [-0.05, 0) is 42.0 Å². The molecule has 128 valence electrons. The fraction of sp³-hybridized carbons (Fsp3) is 0.0476. The third-order valence-electron chi connectivity index (χ3n) is 4.35. The van der Waals surface area contributed by atoms with Gasteiger partial charge < -0.3 is 10.3 Å². The average Bonchev–Trinajstić information content (AvgIpc) is 3.05. The molecule has 1 aromatic heterocycles. The molecule has 5 heteroatoms. The van der Waals surface area contributed by atoms with Crippen molar-refractivity contribution in [2.45, 2.75) is 6.54 Å².